The second kappa shape index (κ2) is 7.73. The molecule has 1 atom stereocenters. The Hall–Kier alpha value is -3.62. The third-order valence-electron chi connectivity index (χ3n) is 4.10. The zero-order valence-corrected chi connectivity index (χ0v) is 14.5. The van der Waals surface area contributed by atoms with E-state index >= 15 is 0 Å². The number of nitrogens with one attached hydrogen (secondary N) is 2. The summed E-state index contributed by atoms with van der Waals surface area (Å²) in [6.45, 7) is 1.78. The molecular weight excluding hydrogens is 350 g/mol. The van der Waals surface area contributed by atoms with Crippen LogP contribution in [0.4, 0.5) is 0 Å². The third-order valence-corrected chi connectivity index (χ3v) is 4.10. The van der Waals surface area contributed by atoms with Gasteiger partial charge >= 0.3 is 0 Å². The number of amides is 4. The van der Waals surface area contributed by atoms with Gasteiger partial charge in [0, 0.05) is 25.5 Å². The largest absolute Gasteiger partial charge is 0.353 e. The van der Waals surface area contributed by atoms with Crippen molar-refractivity contribution in [2.45, 2.75) is 13.0 Å². The van der Waals surface area contributed by atoms with E-state index in [9.17, 15) is 19.2 Å². The lowest BCUT2D eigenvalue weighted by atomic mass is 10.1. The fourth-order valence-electron chi connectivity index (χ4n) is 2.69. The van der Waals surface area contributed by atoms with Crippen LogP contribution < -0.4 is 10.6 Å². The minimum absolute atomic E-state index is 0.137. The van der Waals surface area contributed by atoms with E-state index < -0.39 is 29.7 Å². The van der Waals surface area contributed by atoms with Gasteiger partial charge in [0.2, 0.25) is 5.91 Å². The third kappa shape index (κ3) is 3.66. The second-order valence-corrected chi connectivity index (χ2v) is 5.84. The minimum atomic E-state index is -0.965. The van der Waals surface area contributed by atoms with E-state index in [2.05, 4.69) is 20.6 Å². The van der Waals surface area contributed by atoms with Crippen molar-refractivity contribution >= 4 is 23.6 Å². The van der Waals surface area contributed by atoms with Crippen molar-refractivity contribution in [1.29, 1.82) is 0 Å². The van der Waals surface area contributed by atoms with Crippen molar-refractivity contribution in [2.75, 3.05) is 13.1 Å². The van der Waals surface area contributed by atoms with E-state index in [4.69, 9.17) is 0 Å². The van der Waals surface area contributed by atoms with Crippen molar-refractivity contribution in [2.24, 2.45) is 0 Å². The van der Waals surface area contributed by atoms with Crippen molar-refractivity contribution in [3.05, 3.63) is 59.7 Å². The highest BCUT2D eigenvalue weighted by atomic mass is 16.2. The van der Waals surface area contributed by atoms with Crippen LogP contribution in [0, 0.1) is 0 Å². The smallest absolute Gasteiger partial charge is 0.271 e. The summed E-state index contributed by atoms with van der Waals surface area (Å²) in [5.41, 5.74) is 0.750. The van der Waals surface area contributed by atoms with Gasteiger partial charge in [-0.3, -0.25) is 29.1 Å². The predicted molar refractivity (Wildman–Crippen MR) is 93.8 cm³/mol. The lowest BCUT2D eigenvalue weighted by Gasteiger charge is -2.21. The summed E-state index contributed by atoms with van der Waals surface area (Å²) in [6, 6.07) is 5.48. The first-order chi connectivity index (χ1) is 13.0. The number of hydrogen-bond acceptors (Lipinski definition) is 6. The van der Waals surface area contributed by atoms with Gasteiger partial charge in [0.15, 0.2) is 0 Å². The Morgan fingerprint density at radius 1 is 1.04 bits per heavy atom. The molecule has 2 aromatic rings. The number of carbonyl (C=O) groups is 4. The number of nitrogens with zero attached hydrogens (tertiary/aromatic N) is 3. The molecule has 0 radical (unpaired) electrons. The van der Waals surface area contributed by atoms with Gasteiger partial charge in [-0.15, -0.1) is 0 Å². The summed E-state index contributed by atoms with van der Waals surface area (Å²) in [5, 5.41) is 5.19. The Kier molecular flexibility index (Phi) is 5.20. The van der Waals surface area contributed by atoms with Gasteiger partial charge in [0.1, 0.15) is 11.7 Å². The van der Waals surface area contributed by atoms with Crippen LogP contribution in [0.3, 0.4) is 0 Å². The summed E-state index contributed by atoms with van der Waals surface area (Å²) < 4.78 is 0. The number of aromatic nitrogens is 2. The highest BCUT2D eigenvalue weighted by Crippen LogP contribution is 2.24. The molecule has 4 amide bonds. The summed E-state index contributed by atoms with van der Waals surface area (Å²) in [5.74, 6) is -1.88. The van der Waals surface area contributed by atoms with Crippen molar-refractivity contribution in [3.63, 3.8) is 0 Å². The number of imide groups is 1. The van der Waals surface area contributed by atoms with Gasteiger partial charge in [0.05, 0.1) is 17.3 Å². The van der Waals surface area contributed by atoms with Gasteiger partial charge in [-0.25, -0.2) is 4.98 Å². The molecule has 0 saturated carbocycles. The number of carbonyl (C=O) groups excluding carboxylic acids is 4. The summed E-state index contributed by atoms with van der Waals surface area (Å²) in [7, 11) is 0. The monoisotopic (exact) mass is 367 g/mol. The average Bonchev–Trinajstić information content (AvgIpc) is 2.95. The molecular formula is C18H17N5O4. The molecule has 1 aromatic carbocycles. The van der Waals surface area contributed by atoms with Crippen molar-refractivity contribution in [3.8, 4) is 0 Å². The summed E-state index contributed by atoms with van der Waals surface area (Å²) in [4.78, 5) is 57.5. The molecule has 1 unspecified atom stereocenters. The first kappa shape index (κ1) is 18.2. The van der Waals surface area contributed by atoms with Crippen LogP contribution in [0.1, 0.15) is 38.1 Å². The zero-order valence-electron chi connectivity index (χ0n) is 14.5. The maximum Gasteiger partial charge on any atom is 0.271 e. The topological polar surface area (TPSA) is 121 Å². The maximum atomic E-state index is 12.4. The van der Waals surface area contributed by atoms with Crippen LogP contribution in [0.2, 0.25) is 0 Å². The van der Waals surface area contributed by atoms with E-state index in [0.717, 1.165) is 4.90 Å². The molecule has 0 bridgehead atoms. The van der Waals surface area contributed by atoms with E-state index in [1.54, 1.807) is 24.3 Å². The van der Waals surface area contributed by atoms with Crippen LogP contribution in [0.25, 0.3) is 0 Å². The Morgan fingerprint density at radius 2 is 1.67 bits per heavy atom. The standard InChI is InChI=1S/C18H17N5O4/c1-11(23-17(26)12-4-2-3-5-13(12)18(23)27)15(24)21-8-9-22-16(25)14-10-19-6-7-20-14/h2-7,10-11H,8-9H2,1H3,(H,21,24)(H,22,25). The van der Waals surface area contributed by atoms with Crippen LogP contribution in [-0.4, -0.2) is 57.6 Å². The fraction of sp³-hybridized carbons (Fsp3) is 0.222. The Labute approximate surface area is 154 Å². The van der Waals surface area contributed by atoms with Crippen LogP contribution in [0.15, 0.2) is 42.9 Å². The molecule has 0 saturated heterocycles. The fourth-order valence-corrected chi connectivity index (χ4v) is 2.69. The molecule has 9 nitrogen and oxygen atoms in total. The molecule has 0 spiro atoms. The molecule has 3 rings (SSSR count). The molecule has 1 aromatic heterocycles. The predicted octanol–water partition coefficient (Wildman–Crippen LogP) is 0.00730. The summed E-state index contributed by atoms with van der Waals surface area (Å²) >= 11 is 0. The molecule has 1 aliphatic rings. The number of fused-ring (bicyclic) bond motifs is 1. The Morgan fingerprint density at radius 3 is 2.26 bits per heavy atom. The highest BCUT2D eigenvalue weighted by Gasteiger charge is 2.40. The van der Waals surface area contributed by atoms with Gasteiger partial charge in [-0.05, 0) is 19.1 Å². The lowest BCUT2D eigenvalue weighted by molar-refractivity contribution is -0.124. The first-order valence-electron chi connectivity index (χ1n) is 8.29. The molecule has 27 heavy (non-hydrogen) atoms. The molecule has 1 aliphatic heterocycles. The number of benzene rings is 1. The number of hydrogen-bond donors (Lipinski definition) is 2. The number of rotatable bonds is 6. The highest BCUT2D eigenvalue weighted by molar-refractivity contribution is 6.22. The SMILES string of the molecule is CC(C(=O)NCCNC(=O)c1cnccn1)N1C(=O)c2ccccc2C1=O. The van der Waals surface area contributed by atoms with E-state index in [1.165, 1.54) is 25.5 Å². The average molecular weight is 367 g/mol. The van der Waals surface area contributed by atoms with Gasteiger partial charge in [0.25, 0.3) is 17.7 Å². The normalized spacial score (nSPS) is 13.9. The minimum Gasteiger partial charge on any atom is -0.353 e. The van der Waals surface area contributed by atoms with Crippen molar-refractivity contribution in [1.82, 2.24) is 25.5 Å². The van der Waals surface area contributed by atoms with Gasteiger partial charge in [-0.2, -0.15) is 0 Å². The first-order valence-corrected chi connectivity index (χ1v) is 8.29. The van der Waals surface area contributed by atoms with Crippen molar-refractivity contribution < 1.29 is 19.2 Å². The molecule has 2 heterocycles. The molecule has 0 aliphatic carbocycles. The second-order valence-electron chi connectivity index (χ2n) is 5.84. The molecule has 9 heteroatoms. The molecule has 2 N–H and O–H groups in total. The maximum absolute atomic E-state index is 12.4. The van der Waals surface area contributed by atoms with Gasteiger partial charge < -0.3 is 10.6 Å². The van der Waals surface area contributed by atoms with E-state index in [0.29, 0.717) is 11.1 Å². The zero-order chi connectivity index (χ0) is 19.4. The van der Waals surface area contributed by atoms with Gasteiger partial charge in [-0.1, -0.05) is 12.1 Å². The molecule has 0 fully saturated rings. The van der Waals surface area contributed by atoms with Crippen LogP contribution in [0.5, 0.6) is 0 Å². The Balaban J connectivity index is 1.51. The van der Waals surface area contributed by atoms with Crippen LogP contribution >= 0.6 is 0 Å². The summed E-state index contributed by atoms with van der Waals surface area (Å²) in [6.07, 6.45) is 4.19. The Bertz CT molecular complexity index is 865. The van der Waals surface area contributed by atoms with E-state index in [1.807, 2.05) is 0 Å². The van der Waals surface area contributed by atoms with Crippen LogP contribution in [-0.2, 0) is 4.79 Å². The van der Waals surface area contributed by atoms with E-state index in [-0.39, 0.29) is 18.8 Å². The lowest BCUT2D eigenvalue weighted by Crippen LogP contribution is -2.49. The quantitative estimate of drug-likeness (QED) is 0.548. The molecule has 138 valence electrons.